The highest BCUT2D eigenvalue weighted by Crippen LogP contribution is 2.20. The van der Waals surface area contributed by atoms with E-state index in [1.807, 2.05) is 37.3 Å². The highest BCUT2D eigenvalue weighted by molar-refractivity contribution is 6.30. The van der Waals surface area contributed by atoms with E-state index in [1.165, 1.54) is 5.56 Å². The van der Waals surface area contributed by atoms with E-state index < -0.39 is 0 Å². The molecule has 0 radical (unpaired) electrons. The van der Waals surface area contributed by atoms with Crippen molar-refractivity contribution in [2.45, 2.75) is 27.3 Å². The molecule has 0 bridgehead atoms. The van der Waals surface area contributed by atoms with Gasteiger partial charge in [-0.1, -0.05) is 41.4 Å². The molecule has 2 N–H and O–H groups in total. The molecular weight excluding hydrogens is 334 g/mol. The standard InChI is InChI=1S/C19H20ClN5/c1-12-4-9-17(13(2)10-12)24-19-23-14(3)22-18(25-19)21-11-15-5-7-16(20)8-6-15/h4-10H,11H2,1-3H3,(H2,21,22,23,24,25). The fraction of sp³-hybridized carbons (Fsp3) is 0.211. The van der Waals surface area contributed by atoms with Crippen LogP contribution in [-0.2, 0) is 6.54 Å². The topological polar surface area (TPSA) is 62.7 Å². The second-order valence-electron chi connectivity index (χ2n) is 5.95. The number of hydrogen-bond donors (Lipinski definition) is 2. The largest absolute Gasteiger partial charge is 0.350 e. The fourth-order valence-electron chi connectivity index (χ4n) is 2.47. The van der Waals surface area contributed by atoms with Gasteiger partial charge < -0.3 is 10.6 Å². The molecule has 0 atom stereocenters. The molecule has 3 rings (SSSR count). The molecule has 1 heterocycles. The van der Waals surface area contributed by atoms with Gasteiger partial charge in [0.15, 0.2) is 0 Å². The van der Waals surface area contributed by atoms with Crippen LogP contribution in [0.15, 0.2) is 42.5 Å². The first kappa shape index (κ1) is 17.2. The van der Waals surface area contributed by atoms with Crippen LogP contribution in [0.2, 0.25) is 5.02 Å². The molecule has 0 spiro atoms. The smallest absolute Gasteiger partial charge is 0.232 e. The van der Waals surface area contributed by atoms with E-state index >= 15 is 0 Å². The zero-order valence-corrected chi connectivity index (χ0v) is 15.2. The Morgan fingerprint density at radius 3 is 2.32 bits per heavy atom. The maximum atomic E-state index is 5.91. The summed E-state index contributed by atoms with van der Waals surface area (Å²) in [5, 5.41) is 7.21. The monoisotopic (exact) mass is 353 g/mol. The summed E-state index contributed by atoms with van der Waals surface area (Å²) in [5.74, 6) is 1.72. The highest BCUT2D eigenvalue weighted by atomic mass is 35.5. The normalized spacial score (nSPS) is 10.6. The van der Waals surface area contributed by atoms with Crippen LogP contribution in [0.25, 0.3) is 0 Å². The Morgan fingerprint density at radius 1 is 0.880 bits per heavy atom. The Morgan fingerprint density at radius 2 is 1.60 bits per heavy atom. The van der Waals surface area contributed by atoms with Gasteiger partial charge in [-0.15, -0.1) is 0 Å². The molecule has 5 nitrogen and oxygen atoms in total. The summed E-state index contributed by atoms with van der Waals surface area (Å²) in [6, 6.07) is 13.9. The number of rotatable bonds is 5. The van der Waals surface area contributed by atoms with Crippen LogP contribution in [0.3, 0.4) is 0 Å². The van der Waals surface area contributed by atoms with Crippen molar-refractivity contribution in [3.63, 3.8) is 0 Å². The summed E-state index contributed by atoms with van der Waals surface area (Å²) in [4.78, 5) is 13.2. The van der Waals surface area contributed by atoms with E-state index in [0.29, 0.717) is 24.3 Å². The molecule has 0 aliphatic rings. The number of nitrogens with one attached hydrogen (secondary N) is 2. The van der Waals surface area contributed by atoms with Gasteiger partial charge in [-0.2, -0.15) is 15.0 Å². The van der Waals surface area contributed by atoms with Crippen molar-refractivity contribution >= 4 is 29.2 Å². The third-order valence-electron chi connectivity index (χ3n) is 3.74. The Labute approximate surface area is 152 Å². The van der Waals surface area contributed by atoms with Crippen molar-refractivity contribution in [1.29, 1.82) is 0 Å². The Balaban J connectivity index is 1.74. The van der Waals surface area contributed by atoms with Crippen molar-refractivity contribution in [2.75, 3.05) is 10.6 Å². The predicted octanol–water partition coefficient (Wildman–Crippen LogP) is 4.81. The van der Waals surface area contributed by atoms with Crippen molar-refractivity contribution in [2.24, 2.45) is 0 Å². The summed E-state index contributed by atoms with van der Waals surface area (Å²) in [6.07, 6.45) is 0. The van der Waals surface area contributed by atoms with Gasteiger partial charge in [0, 0.05) is 17.3 Å². The average Bonchev–Trinajstić information content (AvgIpc) is 2.56. The molecule has 0 fully saturated rings. The van der Waals surface area contributed by atoms with E-state index in [1.54, 1.807) is 0 Å². The van der Waals surface area contributed by atoms with Crippen LogP contribution in [0, 0.1) is 20.8 Å². The van der Waals surface area contributed by atoms with Gasteiger partial charge in [0.1, 0.15) is 5.82 Å². The van der Waals surface area contributed by atoms with Gasteiger partial charge in [-0.05, 0) is 50.1 Å². The molecule has 0 aliphatic carbocycles. The molecule has 0 unspecified atom stereocenters. The zero-order valence-electron chi connectivity index (χ0n) is 14.5. The number of anilines is 3. The molecule has 3 aromatic rings. The number of benzene rings is 2. The maximum Gasteiger partial charge on any atom is 0.232 e. The lowest BCUT2D eigenvalue weighted by Gasteiger charge is -2.11. The summed E-state index contributed by atoms with van der Waals surface area (Å²) in [7, 11) is 0. The third-order valence-corrected chi connectivity index (χ3v) is 3.99. The first-order valence-electron chi connectivity index (χ1n) is 8.05. The minimum Gasteiger partial charge on any atom is -0.350 e. The Bertz CT molecular complexity index is 877. The first-order valence-corrected chi connectivity index (χ1v) is 8.43. The number of aromatic nitrogens is 3. The molecule has 128 valence electrons. The quantitative estimate of drug-likeness (QED) is 0.689. The second kappa shape index (κ2) is 7.49. The highest BCUT2D eigenvalue weighted by Gasteiger charge is 2.06. The van der Waals surface area contributed by atoms with Gasteiger partial charge in [-0.3, -0.25) is 0 Å². The Hall–Kier alpha value is -2.66. The van der Waals surface area contributed by atoms with Gasteiger partial charge in [0.2, 0.25) is 11.9 Å². The summed E-state index contributed by atoms with van der Waals surface area (Å²) in [6.45, 7) is 6.59. The molecule has 0 saturated carbocycles. The van der Waals surface area contributed by atoms with Crippen LogP contribution < -0.4 is 10.6 Å². The van der Waals surface area contributed by atoms with Crippen LogP contribution in [0.4, 0.5) is 17.6 Å². The number of hydrogen-bond acceptors (Lipinski definition) is 5. The first-order chi connectivity index (χ1) is 12.0. The van der Waals surface area contributed by atoms with Crippen LogP contribution in [-0.4, -0.2) is 15.0 Å². The summed E-state index contributed by atoms with van der Waals surface area (Å²) in [5.41, 5.74) is 4.46. The second-order valence-corrected chi connectivity index (χ2v) is 6.39. The lowest BCUT2D eigenvalue weighted by atomic mass is 10.1. The molecule has 6 heteroatoms. The molecule has 1 aromatic heterocycles. The van der Waals surface area contributed by atoms with Crippen molar-refractivity contribution in [3.05, 3.63) is 70.0 Å². The molecule has 2 aromatic carbocycles. The number of aryl methyl sites for hydroxylation is 3. The van der Waals surface area contributed by atoms with Gasteiger partial charge in [-0.25, -0.2) is 0 Å². The number of nitrogens with zero attached hydrogens (tertiary/aromatic N) is 3. The lowest BCUT2D eigenvalue weighted by Crippen LogP contribution is -2.08. The van der Waals surface area contributed by atoms with Crippen molar-refractivity contribution in [3.8, 4) is 0 Å². The third kappa shape index (κ3) is 4.67. The minimum atomic E-state index is 0.526. The van der Waals surface area contributed by atoms with Crippen LogP contribution in [0.1, 0.15) is 22.5 Å². The van der Waals surface area contributed by atoms with E-state index in [9.17, 15) is 0 Å². The van der Waals surface area contributed by atoms with E-state index in [0.717, 1.165) is 21.8 Å². The molecule has 25 heavy (non-hydrogen) atoms. The minimum absolute atomic E-state index is 0.526. The van der Waals surface area contributed by atoms with Gasteiger partial charge >= 0.3 is 0 Å². The fourth-order valence-corrected chi connectivity index (χ4v) is 2.60. The van der Waals surface area contributed by atoms with Crippen LogP contribution >= 0.6 is 11.6 Å². The van der Waals surface area contributed by atoms with E-state index in [4.69, 9.17) is 11.6 Å². The lowest BCUT2D eigenvalue weighted by molar-refractivity contribution is 0.958. The van der Waals surface area contributed by atoms with Crippen molar-refractivity contribution < 1.29 is 0 Å². The average molecular weight is 354 g/mol. The van der Waals surface area contributed by atoms with Gasteiger partial charge in [0.05, 0.1) is 0 Å². The SMILES string of the molecule is Cc1ccc(Nc2nc(C)nc(NCc3ccc(Cl)cc3)n2)c(C)c1. The molecule has 0 saturated heterocycles. The molecule has 0 amide bonds. The Kier molecular flexibility index (Phi) is 5.14. The maximum absolute atomic E-state index is 5.91. The molecule has 0 aliphatic heterocycles. The summed E-state index contributed by atoms with van der Waals surface area (Å²) >= 11 is 5.91. The van der Waals surface area contributed by atoms with Crippen LogP contribution in [0.5, 0.6) is 0 Å². The number of halogens is 1. The zero-order chi connectivity index (χ0) is 17.8. The van der Waals surface area contributed by atoms with Gasteiger partial charge in [0.25, 0.3) is 0 Å². The van der Waals surface area contributed by atoms with E-state index in [2.05, 4.69) is 51.6 Å². The van der Waals surface area contributed by atoms with E-state index in [-0.39, 0.29) is 0 Å². The molecular formula is C19H20ClN5. The summed E-state index contributed by atoms with van der Waals surface area (Å²) < 4.78 is 0. The van der Waals surface area contributed by atoms with Crippen molar-refractivity contribution in [1.82, 2.24) is 15.0 Å². The predicted molar refractivity (Wildman–Crippen MR) is 103 cm³/mol.